The number of hydrogen-bond acceptors (Lipinski definition) is 7. The van der Waals surface area contributed by atoms with Crippen molar-refractivity contribution in [2.24, 2.45) is 0 Å². The standard InChI is InChI=1S/C20H19N3O4S/c1-13-12-28-19(22-13)16(9-21)17(24)11-27-20(26)15-6-4-14(5-7-15)10-23-8-2-3-18(23)25/h4-7,12,16H,2-3,8,10-11H2,1H3/t16-/m0/s1. The lowest BCUT2D eigenvalue weighted by Gasteiger charge is -2.15. The Bertz CT molecular complexity index is 930. The highest BCUT2D eigenvalue weighted by atomic mass is 32.1. The Morgan fingerprint density at radius 1 is 1.36 bits per heavy atom. The van der Waals surface area contributed by atoms with Crippen LogP contribution < -0.4 is 0 Å². The number of rotatable bonds is 7. The number of hydrogen-bond donors (Lipinski definition) is 0. The van der Waals surface area contributed by atoms with Crippen LogP contribution in [0.15, 0.2) is 29.6 Å². The van der Waals surface area contributed by atoms with Crippen LogP contribution in [-0.2, 0) is 20.9 Å². The minimum atomic E-state index is -1.04. The molecule has 3 rings (SSSR count). The fourth-order valence-corrected chi connectivity index (χ4v) is 3.77. The first-order chi connectivity index (χ1) is 13.5. The van der Waals surface area contributed by atoms with Crippen molar-refractivity contribution >= 4 is 29.0 Å². The van der Waals surface area contributed by atoms with E-state index >= 15 is 0 Å². The quantitative estimate of drug-likeness (QED) is 0.666. The van der Waals surface area contributed by atoms with E-state index < -0.39 is 24.3 Å². The van der Waals surface area contributed by atoms with Crippen molar-refractivity contribution in [2.45, 2.75) is 32.2 Å². The summed E-state index contributed by atoms with van der Waals surface area (Å²) in [6, 6.07) is 8.66. The second-order valence-corrected chi connectivity index (χ2v) is 7.44. The van der Waals surface area contributed by atoms with Gasteiger partial charge in [0, 0.05) is 30.6 Å². The number of nitrogens with zero attached hydrogens (tertiary/aromatic N) is 3. The molecule has 0 spiro atoms. The predicted octanol–water partition coefficient (Wildman–Crippen LogP) is 2.61. The largest absolute Gasteiger partial charge is 0.454 e. The lowest BCUT2D eigenvalue weighted by Crippen LogP contribution is -2.23. The van der Waals surface area contributed by atoms with Crippen LogP contribution in [0.5, 0.6) is 0 Å². The van der Waals surface area contributed by atoms with Crippen molar-refractivity contribution < 1.29 is 19.1 Å². The second kappa shape index (κ2) is 8.76. The third-order valence-electron chi connectivity index (χ3n) is 4.41. The van der Waals surface area contributed by atoms with Gasteiger partial charge in [-0.15, -0.1) is 11.3 Å². The molecule has 1 aliphatic rings. The van der Waals surface area contributed by atoms with E-state index in [1.165, 1.54) is 11.3 Å². The van der Waals surface area contributed by atoms with Crippen LogP contribution in [0.4, 0.5) is 0 Å². The van der Waals surface area contributed by atoms with E-state index in [-0.39, 0.29) is 5.91 Å². The van der Waals surface area contributed by atoms with Crippen LogP contribution in [0.2, 0.25) is 0 Å². The highest BCUT2D eigenvalue weighted by molar-refractivity contribution is 7.09. The number of ketones is 1. The molecule has 8 heteroatoms. The molecule has 1 fully saturated rings. The third kappa shape index (κ3) is 4.61. The second-order valence-electron chi connectivity index (χ2n) is 6.55. The molecule has 1 atom stereocenters. The van der Waals surface area contributed by atoms with Crippen molar-refractivity contribution in [3.63, 3.8) is 0 Å². The number of likely N-dealkylation sites (tertiary alicyclic amines) is 1. The molecule has 28 heavy (non-hydrogen) atoms. The molecular weight excluding hydrogens is 378 g/mol. The zero-order chi connectivity index (χ0) is 20.1. The van der Waals surface area contributed by atoms with Crippen LogP contribution in [-0.4, -0.2) is 40.7 Å². The van der Waals surface area contributed by atoms with E-state index in [1.807, 2.05) is 6.07 Å². The maximum atomic E-state index is 12.2. The first kappa shape index (κ1) is 19.7. The number of Topliss-reactive ketones (excluding diaryl/α,β-unsaturated/α-hetero) is 1. The number of aromatic nitrogens is 1. The van der Waals surface area contributed by atoms with E-state index in [2.05, 4.69) is 4.98 Å². The maximum Gasteiger partial charge on any atom is 0.338 e. The summed E-state index contributed by atoms with van der Waals surface area (Å²) in [6.45, 7) is 2.56. The first-order valence-electron chi connectivity index (χ1n) is 8.86. The highest BCUT2D eigenvalue weighted by Crippen LogP contribution is 2.21. The molecule has 7 nitrogen and oxygen atoms in total. The number of ether oxygens (including phenoxy) is 1. The summed E-state index contributed by atoms with van der Waals surface area (Å²) >= 11 is 1.23. The molecule has 1 aliphatic heterocycles. The van der Waals surface area contributed by atoms with Gasteiger partial charge in [0.15, 0.2) is 18.3 Å². The molecule has 2 aromatic rings. The van der Waals surface area contributed by atoms with E-state index in [0.29, 0.717) is 23.5 Å². The molecule has 0 saturated carbocycles. The van der Waals surface area contributed by atoms with Crippen molar-refractivity contribution in [1.82, 2.24) is 9.88 Å². The van der Waals surface area contributed by atoms with Gasteiger partial charge < -0.3 is 9.64 Å². The number of esters is 1. The van der Waals surface area contributed by atoms with Crippen molar-refractivity contribution in [3.8, 4) is 6.07 Å². The van der Waals surface area contributed by atoms with E-state index in [0.717, 1.165) is 24.2 Å². The van der Waals surface area contributed by atoms with E-state index in [9.17, 15) is 19.6 Å². The van der Waals surface area contributed by atoms with Crippen LogP contribution >= 0.6 is 11.3 Å². The van der Waals surface area contributed by atoms with Crippen LogP contribution in [0, 0.1) is 18.3 Å². The Morgan fingerprint density at radius 2 is 2.11 bits per heavy atom. The summed E-state index contributed by atoms with van der Waals surface area (Å²) in [4.78, 5) is 42.0. The topological polar surface area (TPSA) is 100 Å². The van der Waals surface area contributed by atoms with Gasteiger partial charge in [-0.1, -0.05) is 12.1 Å². The predicted molar refractivity (Wildman–Crippen MR) is 102 cm³/mol. The van der Waals surface area contributed by atoms with E-state index in [1.54, 1.807) is 41.5 Å². The van der Waals surface area contributed by atoms with Crippen LogP contribution in [0.25, 0.3) is 0 Å². The summed E-state index contributed by atoms with van der Waals surface area (Å²) in [5.41, 5.74) is 1.97. The molecule has 1 amide bonds. The molecule has 1 saturated heterocycles. The SMILES string of the molecule is Cc1csc([C@@H](C#N)C(=O)COC(=O)c2ccc(CN3CCCC3=O)cc2)n1. The molecule has 144 valence electrons. The van der Waals surface area contributed by atoms with Gasteiger partial charge in [0.1, 0.15) is 5.01 Å². The smallest absolute Gasteiger partial charge is 0.338 e. The lowest BCUT2D eigenvalue weighted by molar-refractivity contribution is -0.128. The van der Waals surface area contributed by atoms with E-state index in [4.69, 9.17) is 4.74 Å². The lowest BCUT2D eigenvalue weighted by atomic mass is 10.1. The normalized spacial score (nSPS) is 14.6. The third-order valence-corrected chi connectivity index (χ3v) is 5.44. The van der Waals surface area contributed by atoms with Crippen LogP contribution in [0.3, 0.4) is 0 Å². The Labute approximate surface area is 166 Å². The number of carbonyl (C=O) groups is 3. The number of thiazole rings is 1. The molecular formula is C20H19N3O4S. The summed E-state index contributed by atoms with van der Waals surface area (Å²) in [5, 5.41) is 11.4. The molecule has 0 bridgehead atoms. The number of benzene rings is 1. The Kier molecular flexibility index (Phi) is 6.16. The fraction of sp³-hybridized carbons (Fsp3) is 0.350. The van der Waals surface area contributed by atoms with Gasteiger partial charge in [0.25, 0.3) is 0 Å². The van der Waals surface area contributed by atoms with Gasteiger partial charge in [0.05, 0.1) is 11.6 Å². The first-order valence-corrected chi connectivity index (χ1v) is 9.74. The number of nitriles is 1. The molecule has 1 aromatic heterocycles. The minimum absolute atomic E-state index is 0.143. The summed E-state index contributed by atoms with van der Waals surface area (Å²) in [5.74, 6) is -2.03. The van der Waals surface area contributed by atoms with Gasteiger partial charge in [-0.05, 0) is 31.0 Å². The number of carbonyl (C=O) groups excluding carboxylic acids is 3. The monoisotopic (exact) mass is 397 g/mol. The van der Waals surface area contributed by atoms with Gasteiger partial charge >= 0.3 is 5.97 Å². The molecule has 0 aliphatic carbocycles. The summed E-state index contributed by atoms with van der Waals surface area (Å²) in [6.07, 6.45) is 1.46. The fourth-order valence-electron chi connectivity index (χ4n) is 2.91. The molecule has 0 N–H and O–H groups in total. The summed E-state index contributed by atoms with van der Waals surface area (Å²) < 4.78 is 5.06. The van der Waals surface area contributed by atoms with Crippen LogP contribution in [0.1, 0.15) is 45.4 Å². The average Bonchev–Trinajstić information content (AvgIpc) is 3.29. The molecule has 0 radical (unpaired) electrons. The number of amides is 1. The average molecular weight is 397 g/mol. The van der Waals surface area contributed by atoms with Gasteiger partial charge in [0.2, 0.25) is 5.91 Å². The van der Waals surface area contributed by atoms with Gasteiger partial charge in [-0.3, -0.25) is 9.59 Å². The van der Waals surface area contributed by atoms with Gasteiger partial charge in [-0.25, -0.2) is 9.78 Å². The minimum Gasteiger partial charge on any atom is -0.454 e. The number of aryl methyl sites for hydroxylation is 1. The van der Waals surface area contributed by atoms with Crippen molar-refractivity contribution in [3.05, 3.63) is 51.5 Å². The van der Waals surface area contributed by atoms with Crippen molar-refractivity contribution in [1.29, 1.82) is 5.26 Å². The maximum absolute atomic E-state index is 12.2. The van der Waals surface area contributed by atoms with Crippen molar-refractivity contribution in [2.75, 3.05) is 13.2 Å². The molecule has 1 aromatic carbocycles. The van der Waals surface area contributed by atoms with Gasteiger partial charge in [-0.2, -0.15) is 5.26 Å². The molecule has 2 heterocycles. The Balaban J connectivity index is 1.55. The zero-order valence-electron chi connectivity index (χ0n) is 15.4. The highest BCUT2D eigenvalue weighted by Gasteiger charge is 2.25. The Morgan fingerprint density at radius 3 is 2.68 bits per heavy atom. The Hall–Kier alpha value is -3.05. The summed E-state index contributed by atoms with van der Waals surface area (Å²) in [7, 11) is 0. The zero-order valence-corrected chi connectivity index (χ0v) is 16.2. The molecule has 0 unspecified atom stereocenters.